The third-order valence-corrected chi connectivity index (χ3v) is 1.95. The molecule has 0 heterocycles. The van der Waals surface area contributed by atoms with Gasteiger partial charge in [-0.2, -0.15) is 0 Å². The van der Waals surface area contributed by atoms with Crippen LogP contribution >= 0.6 is 0 Å². The number of ether oxygens (including phenoxy) is 1. The van der Waals surface area contributed by atoms with E-state index in [0.717, 1.165) is 12.1 Å². The highest BCUT2D eigenvalue weighted by atomic mass is 19.1. The number of benzene rings is 1. The molecule has 0 aliphatic rings. The molecule has 14 heavy (non-hydrogen) atoms. The molecule has 0 saturated heterocycles. The first kappa shape index (κ1) is 10.9. The van der Waals surface area contributed by atoms with Crippen molar-refractivity contribution in [2.75, 3.05) is 0 Å². The molecule has 1 unspecified atom stereocenters. The van der Waals surface area contributed by atoms with E-state index in [0.29, 0.717) is 0 Å². The van der Waals surface area contributed by atoms with Gasteiger partial charge in [0.25, 0.3) is 0 Å². The maximum Gasteiger partial charge on any atom is 0.167 e. The fourth-order valence-electron chi connectivity index (χ4n) is 0.878. The van der Waals surface area contributed by atoms with Crippen LogP contribution in [0.2, 0.25) is 0 Å². The van der Waals surface area contributed by atoms with Crippen LogP contribution in [0.1, 0.15) is 13.8 Å². The van der Waals surface area contributed by atoms with Gasteiger partial charge in [-0.1, -0.05) is 0 Å². The Kier molecular flexibility index (Phi) is 3.41. The lowest BCUT2D eigenvalue weighted by atomic mass is 10.2. The van der Waals surface area contributed by atoms with E-state index in [4.69, 9.17) is 10.5 Å². The van der Waals surface area contributed by atoms with Crippen molar-refractivity contribution in [2.45, 2.75) is 26.0 Å². The van der Waals surface area contributed by atoms with Gasteiger partial charge in [0.05, 0.1) is 0 Å². The van der Waals surface area contributed by atoms with E-state index in [1.807, 2.05) is 0 Å². The lowest BCUT2D eigenvalue weighted by Gasteiger charge is -2.18. The topological polar surface area (TPSA) is 35.2 Å². The van der Waals surface area contributed by atoms with E-state index >= 15 is 0 Å². The Balaban J connectivity index is 2.77. The zero-order valence-electron chi connectivity index (χ0n) is 8.13. The molecule has 4 heteroatoms. The van der Waals surface area contributed by atoms with Gasteiger partial charge in [0, 0.05) is 12.1 Å². The summed E-state index contributed by atoms with van der Waals surface area (Å²) in [5.41, 5.74) is 5.54. The first-order valence-electron chi connectivity index (χ1n) is 4.38. The lowest BCUT2D eigenvalue weighted by molar-refractivity contribution is 0.188. The Morgan fingerprint density at radius 3 is 2.43 bits per heavy atom. The minimum absolute atomic E-state index is 0.0243. The Morgan fingerprint density at radius 2 is 1.93 bits per heavy atom. The van der Waals surface area contributed by atoms with Crippen molar-refractivity contribution >= 4 is 0 Å². The Bertz CT molecular complexity index is 315. The van der Waals surface area contributed by atoms with Crippen LogP contribution in [-0.4, -0.2) is 12.1 Å². The van der Waals surface area contributed by atoms with Crippen molar-refractivity contribution in [3.63, 3.8) is 0 Å². The number of nitrogens with two attached hydrogens (primary N) is 1. The molecule has 1 rings (SSSR count). The van der Waals surface area contributed by atoms with Gasteiger partial charge in [0.1, 0.15) is 11.9 Å². The molecule has 2 nitrogen and oxygen atoms in total. The predicted molar refractivity (Wildman–Crippen MR) is 50.1 cm³/mol. The zero-order valence-corrected chi connectivity index (χ0v) is 8.13. The SMILES string of the molecule is CC(Oc1ccc(F)cc1F)[C@@H](C)N. The maximum absolute atomic E-state index is 13.1. The van der Waals surface area contributed by atoms with Crippen LogP contribution in [0.25, 0.3) is 0 Å². The molecule has 0 bridgehead atoms. The zero-order chi connectivity index (χ0) is 10.7. The summed E-state index contributed by atoms with van der Waals surface area (Å²) in [6.07, 6.45) is -0.310. The fraction of sp³-hybridized carbons (Fsp3) is 0.400. The summed E-state index contributed by atoms with van der Waals surface area (Å²) in [5, 5.41) is 0. The normalized spacial score (nSPS) is 14.9. The van der Waals surface area contributed by atoms with E-state index in [-0.39, 0.29) is 17.9 Å². The van der Waals surface area contributed by atoms with Gasteiger partial charge in [-0.15, -0.1) is 0 Å². The Morgan fingerprint density at radius 1 is 1.29 bits per heavy atom. The Labute approximate surface area is 81.7 Å². The molecule has 0 amide bonds. The van der Waals surface area contributed by atoms with Crippen molar-refractivity contribution in [1.29, 1.82) is 0 Å². The summed E-state index contributed by atoms with van der Waals surface area (Å²) < 4.78 is 30.8. The molecule has 1 aromatic carbocycles. The number of rotatable bonds is 3. The first-order chi connectivity index (χ1) is 6.50. The van der Waals surface area contributed by atoms with Crippen LogP contribution in [0, 0.1) is 11.6 Å². The number of halogens is 2. The van der Waals surface area contributed by atoms with Crippen LogP contribution < -0.4 is 10.5 Å². The van der Waals surface area contributed by atoms with Gasteiger partial charge in [-0.05, 0) is 26.0 Å². The second-order valence-corrected chi connectivity index (χ2v) is 3.26. The molecule has 0 aliphatic carbocycles. The standard InChI is InChI=1S/C10H13F2NO/c1-6(13)7(2)14-10-4-3-8(11)5-9(10)12/h3-7H,13H2,1-2H3/t6-,7?/m1/s1. The summed E-state index contributed by atoms with van der Waals surface area (Å²) in [5.74, 6) is -1.31. The van der Waals surface area contributed by atoms with E-state index < -0.39 is 11.6 Å². The summed E-state index contributed by atoms with van der Waals surface area (Å²) in [6, 6.07) is 2.97. The minimum atomic E-state index is -0.711. The molecule has 0 aromatic heterocycles. The smallest absolute Gasteiger partial charge is 0.167 e. The van der Waals surface area contributed by atoms with Gasteiger partial charge in [-0.3, -0.25) is 0 Å². The largest absolute Gasteiger partial charge is 0.486 e. The Hall–Kier alpha value is -1.16. The van der Waals surface area contributed by atoms with Crippen molar-refractivity contribution < 1.29 is 13.5 Å². The summed E-state index contributed by atoms with van der Waals surface area (Å²) in [6.45, 7) is 3.49. The molecule has 78 valence electrons. The van der Waals surface area contributed by atoms with E-state index in [9.17, 15) is 8.78 Å². The van der Waals surface area contributed by atoms with Gasteiger partial charge >= 0.3 is 0 Å². The molecule has 0 fully saturated rings. The van der Waals surface area contributed by atoms with Gasteiger partial charge in [0.15, 0.2) is 11.6 Å². The third-order valence-electron chi connectivity index (χ3n) is 1.95. The quantitative estimate of drug-likeness (QED) is 0.812. The molecule has 0 spiro atoms. The van der Waals surface area contributed by atoms with Crippen LogP contribution in [0.3, 0.4) is 0 Å². The fourth-order valence-corrected chi connectivity index (χ4v) is 0.878. The summed E-state index contributed by atoms with van der Waals surface area (Å²) >= 11 is 0. The first-order valence-corrected chi connectivity index (χ1v) is 4.38. The summed E-state index contributed by atoms with van der Waals surface area (Å²) in [4.78, 5) is 0. The maximum atomic E-state index is 13.1. The summed E-state index contributed by atoms with van der Waals surface area (Å²) in [7, 11) is 0. The van der Waals surface area contributed by atoms with Gasteiger partial charge in [-0.25, -0.2) is 8.78 Å². The van der Waals surface area contributed by atoms with E-state index in [1.165, 1.54) is 6.07 Å². The number of hydrogen-bond donors (Lipinski definition) is 1. The van der Waals surface area contributed by atoms with E-state index in [1.54, 1.807) is 13.8 Å². The molecule has 0 saturated carbocycles. The monoisotopic (exact) mass is 201 g/mol. The van der Waals surface area contributed by atoms with Crippen molar-refractivity contribution in [1.82, 2.24) is 0 Å². The lowest BCUT2D eigenvalue weighted by Crippen LogP contribution is -2.33. The molecule has 1 aromatic rings. The molecule has 2 N–H and O–H groups in total. The van der Waals surface area contributed by atoms with Crippen LogP contribution in [0.5, 0.6) is 5.75 Å². The average molecular weight is 201 g/mol. The highest BCUT2D eigenvalue weighted by Crippen LogP contribution is 2.19. The molecular formula is C10H13F2NO. The van der Waals surface area contributed by atoms with E-state index in [2.05, 4.69) is 0 Å². The van der Waals surface area contributed by atoms with Crippen LogP contribution in [0.4, 0.5) is 8.78 Å². The van der Waals surface area contributed by atoms with Crippen LogP contribution in [0.15, 0.2) is 18.2 Å². The minimum Gasteiger partial charge on any atom is -0.486 e. The van der Waals surface area contributed by atoms with Gasteiger partial charge in [0.2, 0.25) is 0 Å². The number of hydrogen-bond acceptors (Lipinski definition) is 2. The second-order valence-electron chi connectivity index (χ2n) is 3.26. The molecule has 2 atom stereocenters. The average Bonchev–Trinajstić information content (AvgIpc) is 2.09. The van der Waals surface area contributed by atoms with Crippen LogP contribution in [-0.2, 0) is 0 Å². The highest BCUT2D eigenvalue weighted by molar-refractivity contribution is 5.24. The van der Waals surface area contributed by atoms with Crippen molar-refractivity contribution in [3.8, 4) is 5.75 Å². The highest BCUT2D eigenvalue weighted by Gasteiger charge is 2.12. The molecule has 0 radical (unpaired) electrons. The molecular weight excluding hydrogens is 188 g/mol. The van der Waals surface area contributed by atoms with Gasteiger partial charge < -0.3 is 10.5 Å². The third kappa shape index (κ3) is 2.67. The predicted octanol–water partition coefficient (Wildman–Crippen LogP) is 2.08. The van der Waals surface area contributed by atoms with Crippen molar-refractivity contribution in [2.24, 2.45) is 5.73 Å². The molecule has 0 aliphatic heterocycles. The van der Waals surface area contributed by atoms with Crippen molar-refractivity contribution in [3.05, 3.63) is 29.8 Å². The second kappa shape index (κ2) is 4.37.